The van der Waals surface area contributed by atoms with Crippen molar-refractivity contribution >= 4 is 11.6 Å². The van der Waals surface area contributed by atoms with Crippen LogP contribution in [0.4, 0.5) is 5.69 Å². The molecule has 0 saturated heterocycles. The molecule has 0 atom stereocenters. The molecular weight excluding hydrogens is 306 g/mol. The molecule has 1 amide bonds. The van der Waals surface area contributed by atoms with Crippen molar-refractivity contribution in [2.75, 3.05) is 32.8 Å². The zero-order valence-corrected chi connectivity index (χ0v) is 14.2. The number of ether oxygens (including phenoxy) is 3. The number of rotatable bonds is 4. The average molecular weight is 327 g/mol. The van der Waals surface area contributed by atoms with E-state index in [0.717, 1.165) is 29.8 Å². The molecule has 1 heterocycles. The predicted molar refractivity (Wildman–Crippen MR) is 92.5 cm³/mol. The number of methoxy groups -OCH3 is 3. The van der Waals surface area contributed by atoms with E-state index in [-0.39, 0.29) is 5.91 Å². The van der Waals surface area contributed by atoms with Crippen LogP contribution >= 0.6 is 0 Å². The molecule has 0 radical (unpaired) electrons. The second-order valence-corrected chi connectivity index (χ2v) is 5.66. The third-order valence-electron chi connectivity index (χ3n) is 4.25. The number of amides is 1. The van der Waals surface area contributed by atoms with Crippen LogP contribution in [-0.2, 0) is 6.42 Å². The van der Waals surface area contributed by atoms with Crippen molar-refractivity contribution < 1.29 is 19.0 Å². The van der Waals surface area contributed by atoms with Gasteiger partial charge in [-0.2, -0.15) is 0 Å². The summed E-state index contributed by atoms with van der Waals surface area (Å²) in [4.78, 5) is 14.9. The van der Waals surface area contributed by atoms with Crippen LogP contribution in [0.15, 0.2) is 36.4 Å². The SMILES string of the molecule is COc1cc(OC)cc(C(=O)N2CCCc3ccc(OC)cc32)c1. The van der Waals surface area contributed by atoms with Crippen LogP contribution in [0.3, 0.4) is 0 Å². The first-order valence-electron chi connectivity index (χ1n) is 7.88. The molecule has 0 spiro atoms. The number of carbonyl (C=O) groups excluding carboxylic acids is 1. The number of benzene rings is 2. The monoisotopic (exact) mass is 327 g/mol. The first kappa shape index (κ1) is 16.2. The largest absolute Gasteiger partial charge is 0.497 e. The van der Waals surface area contributed by atoms with E-state index >= 15 is 0 Å². The van der Waals surface area contributed by atoms with E-state index in [9.17, 15) is 4.79 Å². The Morgan fingerprint density at radius 1 is 0.917 bits per heavy atom. The fraction of sp³-hybridized carbons (Fsp3) is 0.316. The van der Waals surface area contributed by atoms with Crippen molar-refractivity contribution in [2.45, 2.75) is 12.8 Å². The highest BCUT2D eigenvalue weighted by Crippen LogP contribution is 2.33. The fourth-order valence-electron chi connectivity index (χ4n) is 2.98. The van der Waals surface area contributed by atoms with Crippen LogP contribution in [0.5, 0.6) is 17.2 Å². The van der Waals surface area contributed by atoms with E-state index in [1.54, 1.807) is 44.4 Å². The zero-order valence-electron chi connectivity index (χ0n) is 14.2. The standard InChI is InChI=1S/C19H21NO4/c1-22-15-7-6-13-5-4-8-20(18(13)12-15)19(21)14-9-16(23-2)11-17(10-14)24-3/h6-7,9-12H,4-5,8H2,1-3H3. The van der Waals surface area contributed by atoms with Gasteiger partial charge in [0.05, 0.1) is 27.0 Å². The van der Waals surface area contributed by atoms with Gasteiger partial charge >= 0.3 is 0 Å². The molecular formula is C19H21NO4. The molecule has 0 unspecified atom stereocenters. The van der Waals surface area contributed by atoms with Gasteiger partial charge in [0.25, 0.3) is 5.91 Å². The molecule has 0 bridgehead atoms. The fourth-order valence-corrected chi connectivity index (χ4v) is 2.98. The number of hydrogen-bond donors (Lipinski definition) is 0. The van der Waals surface area contributed by atoms with Gasteiger partial charge < -0.3 is 19.1 Å². The summed E-state index contributed by atoms with van der Waals surface area (Å²) in [5, 5.41) is 0. The number of nitrogens with zero attached hydrogens (tertiary/aromatic N) is 1. The van der Waals surface area contributed by atoms with Gasteiger partial charge in [0.2, 0.25) is 0 Å². The quantitative estimate of drug-likeness (QED) is 0.864. The number of anilines is 1. The van der Waals surface area contributed by atoms with E-state index in [4.69, 9.17) is 14.2 Å². The first-order chi connectivity index (χ1) is 11.7. The summed E-state index contributed by atoms with van der Waals surface area (Å²) in [6.07, 6.45) is 1.90. The predicted octanol–water partition coefficient (Wildman–Crippen LogP) is 3.31. The van der Waals surface area contributed by atoms with Gasteiger partial charge in [-0.15, -0.1) is 0 Å². The Bertz CT molecular complexity index is 735. The normalized spacial score (nSPS) is 13.2. The molecule has 2 aromatic rings. The highest BCUT2D eigenvalue weighted by molar-refractivity contribution is 6.07. The summed E-state index contributed by atoms with van der Waals surface area (Å²) in [5.41, 5.74) is 2.61. The van der Waals surface area contributed by atoms with Gasteiger partial charge in [0.15, 0.2) is 0 Å². The Kier molecular flexibility index (Phi) is 4.60. The van der Waals surface area contributed by atoms with Gasteiger partial charge in [0.1, 0.15) is 17.2 Å². The Hall–Kier alpha value is -2.69. The van der Waals surface area contributed by atoms with Crippen LogP contribution in [0.1, 0.15) is 22.3 Å². The van der Waals surface area contributed by atoms with Gasteiger partial charge in [-0.25, -0.2) is 0 Å². The highest BCUT2D eigenvalue weighted by atomic mass is 16.5. The molecule has 0 aromatic heterocycles. The molecule has 0 N–H and O–H groups in total. The molecule has 126 valence electrons. The lowest BCUT2D eigenvalue weighted by Gasteiger charge is -2.30. The van der Waals surface area contributed by atoms with Gasteiger partial charge in [-0.1, -0.05) is 6.07 Å². The summed E-state index contributed by atoms with van der Waals surface area (Å²) in [7, 11) is 4.78. The van der Waals surface area contributed by atoms with Crippen molar-refractivity contribution in [3.8, 4) is 17.2 Å². The first-order valence-corrected chi connectivity index (χ1v) is 7.88. The van der Waals surface area contributed by atoms with Crippen LogP contribution < -0.4 is 19.1 Å². The molecule has 24 heavy (non-hydrogen) atoms. The molecule has 1 aliphatic rings. The van der Waals surface area contributed by atoms with Gasteiger partial charge in [-0.3, -0.25) is 4.79 Å². The molecule has 5 heteroatoms. The highest BCUT2D eigenvalue weighted by Gasteiger charge is 2.25. The van der Waals surface area contributed by atoms with Crippen LogP contribution in [0.2, 0.25) is 0 Å². The second kappa shape index (κ2) is 6.83. The third kappa shape index (κ3) is 3.02. The molecule has 1 aliphatic heterocycles. The minimum Gasteiger partial charge on any atom is -0.497 e. The van der Waals surface area contributed by atoms with E-state index in [0.29, 0.717) is 23.6 Å². The summed E-state index contributed by atoms with van der Waals surface area (Å²) in [6, 6.07) is 11.1. The number of aryl methyl sites for hydroxylation is 1. The summed E-state index contributed by atoms with van der Waals surface area (Å²) in [6.45, 7) is 0.679. The van der Waals surface area contributed by atoms with E-state index in [1.807, 2.05) is 18.2 Å². The van der Waals surface area contributed by atoms with Crippen molar-refractivity contribution in [3.05, 3.63) is 47.5 Å². The molecule has 5 nitrogen and oxygen atoms in total. The van der Waals surface area contributed by atoms with Crippen LogP contribution in [0.25, 0.3) is 0 Å². The maximum absolute atomic E-state index is 13.1. The number of fused-ring (bicyclic) bond motifs is 1. The number of hydrogen-bond acceptors (Lipinski definition) is 4. The summed E-state index contributed by atoms with van der Waals surface area (Å²) < 4.78 is 15.8. The lowest BCUT2D eigenvalue weighted by atomic mass is 10.0. The van der Waals surface area contributed by atoms with Gasteiger partial charge in [-0.05, 0) is 36.6 Å². The van der Waals surface area contributed by atoms with E-state index < -0.39 is 0 Å². The Balaban J connectivity index is 2.00. The topological polar surface area (TPSA) is 48.0 Å². The molecule has 3 rings (SSSR count). The van der Waals surface area contributed by atoms with Crippen molar-refractivity contribution in [3.63, 3.8) is 0 Å². The minimum atomic E-state index is -0.0681. The molecule has 2 aromatic carbocycles. The minimum absolute atomic E-state index is 0.0681. The van der Waals surface area contributed by atoms with Gasteiger partial charge in [0, 0.05) is 24.2 Å². The average Bonchev–Trinajstić information content (AvgIpc) is 2.65. The second-order valence-electron chi connectivity index (χ2n) is 5.66. The maximum Gasteiger partial charge on any atom is 0.258 e. The zero-order chi connectivity index (χ0) is 17.1. The molecule has 0 fully saturated rings. The Morgan fingerprint density at radius 3 is 2.21 bits per heavy atom. The van der Waals surface area contributed by atoms with E-state index in [1.165, 1.54) is 0 Å². The lowest BCUT2D eigenvalue weighted by Crippen LogP contribution is -2.35. The molecule has 0 aliphatic carbocycles. The Labute approximate surface area is 141 Å². The smallest absolute Gasteiger partial charge is 0.258 e. The Morgan fingerprint density at radius 2 is 1.58 bits per heavy atom. The summed E-state index contributed by atoms with van der Waals surface area (Å²) in [5.74, 6) is 1.87. The van der Waals surface area contributed by atoms with E-state index in [2.05, 4.69) is 0 Å². The van der Waals surface area contributed by atoms with Crippen LogP contribution in [0, 0.1) is 0 Å². The number of carbonyl (C=O) groups is 1. The van der Waals surface area contributed by atoms with Crippen LogP contribution in [-0.4, -0.2) is 33.8 Å². The maximum atomic E-state index is 13.1. The third-order valence-corrected chi connectivity index (χ3v) is 4.25. The molecule has 0 saturated carbocycles. The lowest BCUT2D eigenvalue weighted by molar-refractivity contribution is 0.0984. The summed E-state index contributed by atoms with van der Waals surface area (Å²) >= 11 is 0. The van der Waals surface area contributed by atoms with Crippen molar-refractivity contribution in [2.24, 2.45) is 0 Å². The van der Waals surface area contributed by atoms with Crippen molar-refractivity contribution in [1.29, 1.82) is 0 Å². The van der Waals surface area contributed by atoms with Crippen molar-refractivity contribution in [1.82, 2.24) is 0 Å².